The van der Waals surface area contributed by atoms with Crippen LogP contribution >= 0.6 is 24.0 Å². The fraction of sp³-hybridized carbons (Fsp3) is 0.263. The molecule has 0 atom stereocenters. The summed E-state index contributed by atoms with van der Waals surface area (Å²) in [7, 11) is -0.170. The Morgan fingerprint density at radius 2 is 1.75 bits per heavy atom. The highest BCUT2D eigenvalue weighted by Crippen LogP contribution is 2.22. The molecule has 0 aromatic heterocycles. The van der Waals surface area contributed by atoms with Crippen LogP contribution in [-0.2, 0) is 10.0 Å². The van der Waals surface area contributed by atoms with E-state index in [4.69, 9.17) is 12.2 Å². The van der Waals surface area contributed by atoms with Gasteiger partial charge in [0.25, 0.3) is 10.0 Å². The smallest absolute Gasteiger partial charge is 0.276 e. The summed E-state index contributed by atoms with van der Waals surface area (Å²) >= 11 is 6.62. The van der Waals surface area contributed by atoms with Crippen LogP contribution < -0.4 is 4.83 Å². The lowest BCUT2D eigenvalue weighted by Gasteiger charge is -2.15. The summed E-state index contributed by atoms with van der Waals surface area (Å²) in [5.41, 5.74) is 2.72. The summed E-state index contributed by atoms with van der Waals surface area (Å²) in [4.78, 5) is 4.17. The molecule has 2 aromatic rings. The van der Waals surface area contributed by atoms with Crippen LogP contribution in [-0.4, -0.2) is 48.3 Å². The van der Waals surface area contributed by atoms with Gasteiger partial charge in [0.2, 0.25) is 0 Å². The second kappa shape index (κ2) is 9.40. The molecule has 6 nitrogen and oxygen atoms in total. The third-order valence-electron chi connectivity index (χ3n) is 3.79. The lowest BCUT2D eigenvalue weighted by Crippen LogP contribution is -2.23. The summed E-state index contributed by atoms with van der Waals surface area (Å²) in [6.07, 6.45) is 0. The van der Waals surface area contributed by atoms with Gasteiger partial charge in [-0.2, -0.15) is 18.4 Å². The first kappa shape index (κ1) is 22.2. The second-order valence-electron chi connectivity index (χ2n) is 6.44. The summed E-state index contributed by atoms with van der Waals surface area (Å²) in [5, 5.41) is 14.4. The molecule has 0 aliphatic heterocycles. The lowest BCUT2D eigenvalue weighted by molar-refractivity contribution is 0.474. The molecule has 0 radical (unpaired) electrons. The molecule has 0 unspecified atom stereocenters. The molecular weight excluding hydrogens is 414 g/mol. The van der Waals surface area contributed by atoms with Crippen LogP contribution in [0.2, 0.25) is 0 Å². The van der Waals surface area contributed by atoms with Gasteiger partial charge in [0, 0.05) is 25.4 Å². The van der Waals surface area contributed by atoms with Gasteiger partial charge in [0.05, 0.1) is 10.6 Å². The maximum atomic E-state index is 12.6. The van der Waals surface area contributed by atoms with Crippen molar-refractivity contribution in [3.63, 3.8) is 0 Å². The molecule has 0 fully saturated rings. The van der Waals surface area contributed by atoms with Crippen molar-refractivity contribution in [3.05, 3.63) is 59.2 Å². The molecule has 0 amide bonds. The van der Waals surface area contributed by atoms with E-state index < -0.39 is 10.0 Å². The molecule has 2 N–H and O–H groups in total. The number of hydrazone groups is 1. The number of nitrogens with one attached hydrogen (secondary N) is 1. The van der Waals surface area contributed by atoms with Crippen molar-refractivity contribution in [2.24, 2.45) is 5.10 Å². The van der Waals surface area contributed by atoms with Gasteiger partial charge in [0.15, 0.2) is 0 Å². The Labute approximate surface area is 175 Å². The molecule has 150 valence electrons. The normalized spacial score (nSPS) is 11.9. The highest BCUT2D eigenvalue weighted by molar-refractivity contribution is 8.23. The molecule has 0 bridgehead atoms. The Morgan fingerprint density at radius 3 is 2.36 bits per heavy atom. The van der Waals surface area contributed by atoms with Gasteiger partial charge in [-0.05, 0) is 38.1 Å². The van der Waals surface area contributed by atoms with Gasteiger partial charge in [-0.25, -0.2) is 0 Å². The fourth-order valence-electron chi connectivity index (χ4n) is 2.20. The van der Waals surface area contributed by atoms with Crippen LogP contribution in [0, 0.1) is 13.8 Å². The van der Waals surface area contributed by atoms with Crippen molar-refractivity contribution < 1.29 is 13.5 Å². The van der Waals surface area contributed by atoms with Crippen LogP contribution in [0.25, 0.3) is 0 Å². The zero-order valence-electron chi connectivity index (χ0n) is 16.1. The van der Waals surface area contributed by atoms with E-state index in [1.54, 1.807) is 35.2 Å². The zero-order valence-corrected chi connectivity index (χ0v) is 18.6. The highest BCUT2D eigenvalue weighted by atomic mass is 32.2. The number of benzene rings is 2. The van der Waals surface area contributed by atoms with E-state index in [0.717, 1.165) is 11.1 Å². The molecule has 2 rings (SSSR count). The number of rotatable bonds is 6. The number of aryl methyl sites for hydroxylation is 2. The van der Waals surface area contributed by atoms with Crippen molar-refractivity contribution in [1.29, 1.82) is 0 Å². The zero-order chi connectivity index (χ0) is 20.9. The Kier molecular flexibility index (Phi) is 7.45. The van der Waals surface area contributed by atoms with Gasteiger partial charge in [-0.1, -0.05) is 53.3 Å². The van der Waals surface area contributed by atoms with Gasteiger partial charge >= 0.3 is 0 Å². The Hall–Kier alpha value is -2.10. The SMILES string of the molecule is Cc1ccc(S(=O)(=O)N/N=C(/CSC(=S)N(C)C)c2cc(C)ccc2O)cc1. The van der Waals surface area contributed by atoms with Gasteiger partial charge in [0.1, 0.15) is 10.1 Å². The average Bonchev–Trinajstić information content (AvgIpc) is 2.64. The quantitative estimate of drug-likeness (QED) is 0.410. The third kappa shape index (κ3) is 5.95. The van der Waals surface area contributed by atoms with Crippen LogP contribution in [0.4, 0.5) is 0 Å². The van der Waals surface area contributed by atoms with Crippen molar-refractivity contribution in [2.75, 3.05) is 19.8 Å². The molecule has 28 heavy (non-hydrogen) atoms. The van der Waals surface area contributed by atoms with Crippen molar-refractivity contribution in [3.8, 4) is 5.75 Å². The van der Waals surface area contributed by atoms with E-state index >= 15 is 0 Å². The maximum absolute atomic E-state index is 12.6. The lowest BCUT2D eigenvalue weighted by atomic mass is 10.1. The topological polar surface area (TPSA) is 82.0 Å². The standard InChI is InChI=1S/C19H23N3O3S3/c1-13-5-8-15(9-6-13)28(24,25)21-20-17(12-27-19(26)22(3)4)16-11-14(2)7-10-18(16)23/h5-11,21,23H,12H2,1-4H3/b20-17-. The van der Waals surface area contributed by atoms with Gasteiger partial charge in [-0.3, -0.25) is 0 Å². The number of phenolic OH excluding ortho intramolecular Hbond substituents is 1. The molecule has 0 aliphatic rings. The van der Waals surface area contributed by atoms with Crippen LogP contribution in [0.5, 0.6) is 5.75 Å². The van der Waals surface area contributed by atoms with Gasteiger partial charge in [-0.15, -0.1) is 0 Å². The van der Waals surface area contributed by atoms with Crippen LogP contribution in [0.3, 0.4) is 0 Å². The summed E-state index contributed by atoms with van der Waals surface area (Å²) in [6, 6.07) is 11.6. The number of hydrogen-bond donors (Lipinski definition) is 2. The van der Waals surface area contributed by atoms with E-state index in [-0.39, 0.29) is 10.6 Å². The molecule has 0 saturated heterocycles. The number of thioether (sulfide) groups is 1. The largest absolute Gasteiger partial charge is 0.507 e. The van der Waals surface area contributed by atoms with Crippen molar-refractivity contribution in [2.45, 2.75) is 18.7 Å². The van der Waals surface area contributed by atoms with E-state index in [1.807, 2.05) is 27.9 Å². The predicted molar refractivity (Wildman–Crippen MR) is 120 cm³/mol. The van der Waals surface area contributed by atoms with Crippen LogP contribution in [0.1, 0.15) is 16.7 Å². The minimum Gasteiger partial charge on any atom is -0.507 e. The highest BCUT2D eigenvalue weighted by Gasteiger charge is 2.16. The van der Waals surface area contributed by atoms with E-state index in [9.17, 15) is 13.5 Å². The Balaban J connectivity index is 2.35. The molecule has 9 heteroatoms. The Bertz CT molecular complexity index is 985. The molecule has 0 saturated carbocycles. The van der Waals surface area contributed by atoms with E-state index in [1.165, 1.54) is 23.9 Å². The molecule has 0 aliphatic carbocycles. The van der Waals surface area contributed by atoms with Crippen LogP contribution in [0.15, 0.2) is 52.5 Å². The third-order valence-corrected chi connectivity index (χ3v) is 6.77. The number of sulfonamides is 1. The first-order valence-corrected chi connectivity index (χ1v) is 11.3. The maximum Gasteiger partial charge on any atom is 0.276 e. The first-order valence-electron chi connectivity index (χ1n) is 8.39. The summed E-state index contributed by atoms with van der Waals surface area (Å²) < 4.78 is 25.7. The van der Waals surface area contributed by atoms with E-state index in [2.05, 4.69) is 9.93 Å². The molecule has 0 spiro atoms. The van der Waals surface area contributed by atoms with Crippen molar-refractivity contribution >= 4 is 44.0 Å². The van der Waals surface area contributed by atoms with Crippen molar-refractivity contribution in [1.82, 2.24) is 9.73 Å². The average molecular weight is 438 g/mol. The number of phenols is 1. The minimum atomic E-state index is -3.83. The summed E-state index contributed by atoms with van der Waals surface area (Å²) in [5.74, 6) is 0.319. The predicted octanol–water partition coefficient (Wildman–Crippen LogP) is 3.27. The molecular formula is C19H23N3O3S3. The van der Waals surface area contributed by atoms with E-state index in [0.29, 0.717) is 21.3 Å². The molecule has 2 aromatic carbocycles. The Morgan fingerprint density at radius 1 is 1.14 bits per heavy atom. The van der Waals surface area contributed by atoms with Gasteiger partial charge < -0.3 is 10.0 Å². The number of thiocarbonyl (C=S) groups is 1. The summed E-state index contributed by atoms with van der Waals surface area (Å²) in [6.45, 7) is 3.76. The monoisotopic (exact) mass is 437 g/mol. The molecule has 0 heterocycles. The second-order valence-corrected chi connectivity index (χ2v) is 9.71. The minimum absolute atomic E-state index is 0.0234. The number of nitrogens with zero attached hydrogens (tertiary/aromatic N) is 2. The first-order chi connectivity index (χ1) is 13.1. The number of hydrogen-bond acceptors (Lipinski definition) is 6. The fourth-order valence-corrected chi connectivity index (χ4v) is 3.94. The number of aromatic hydroxyl groups is 1.